The molecular formula is C15H21NO2. The third kappa shape index (κ3) is 6.29. The molecule has 98 valence electrons. The number of ether oxygens (including phenoxy) is 2. The minimum absolute atomic E-state index is 0.369. The molecule has 0 atom stereocenters. The molecule has 1 rings (SSSR count). The van der Waals surface area contributed by atoms with E-state index in [1.165, 1.54) is 0 Å². The number of benzene rings is 1. The molecule has 0 aromatic heterocycles. The van der Waals surface area contributed by atoms with Gasteiger partial charge in [-0.15, -0.1) is 0 Å². The standard InChI is InChI=1S/C15H21NO2/c1-13(2)12-17-9-10-18-15-7-3-5-14(11-15)6-4-8-16/h3,5,7,11,13H,8-10,12,16H2,1-2H3. The Bertz CT molecular complexity index is 404. The van der Waals surface area contributed by atoms with Crippen LogP contribution in [0.5, 0.6) is 5.75 Å². The van der Waals surface area contributed by atoms with Gasteiger partial charge in [0.1, 0.15) is 12.4 Å². The summed E-state index contributed by atoms with van der Waals surface area (Å²) in [5.74, 6) is 7.16. The Morgan fingerprint density at radius 1 is 1.28 bits per heavy atom. The normalized spacial score (nSPS) is 10.0. The second-order valence-corrected chi connectivity index (χ2v) is 4.35. The van der Waals surface area contributed by atoms with E-state index >= 15 is 0 Å². The van der Waals surface area contributed by atoms with E-state index in [4.69, 9.17) is 15.2 Å². The van der Waals surface area contributed by atoms with Crippen LogP contribution in [0.2, 0.25) is 0 Å². The van der Waals surface area contributed by atoms with Gasteiger partial charge in [0, 0.05) is 12.2 Å². The van der Waals surface area contributed by atoms with Crippen molar-refractivity contribution in [3.63, 3.8) is 0 Å². The van der Waals surface area contributed by atoms with Crippen molar-refractivity contribution in [2.45, 2.75) is 13.8 Å². The summed E-state index contributed by atoms with van der Waals surface area (Å²) < 4.78 is 11.0. The minimum atomic E-state index is 0.369. The highest BCUT2D eigenvalue weighted by molar-refractivity contribution is 5.39. The van der Waals surface area contributed by atoms with E-state index in [0.29, 0.717) is 25.7 Å². The van der Waals surface area contributed by atoms with Crippen LogP contribution in [0.3, 0.4) is 0 Å². The molecular weight excluding hydrogens is 226 g/mol. The first-order valence-electron chi connectivity index (χ1n) is 6.22. The maximum atomic E-state index is 5.58. The lowest BCUT2D eigenvalue weighted by molar-refractivity contribution is 0.0819. The van der Waals surface area contributed by atoms with Gasteiger partial charge in [0.05, 0.1) is 13.2 Å². The highest BCUT2D eigenvalue weighted by atomic mass is 16.5. The lowest BCUT2D eigenvalue weighted by atomic mass is 10.2. The highest BCUT2D eigenvalue weighted by Gasteiger charge is 1.96. The van der Waals surface area contributed by atoms with Gasteiger partial charge in [0.15, 0.2) is 0 Å². The zero-order valence-electron chi connectivity index (χ0n) is 11.1. The molecule has 0 saturated carbocycles. The molecule has 3 heteroatoms. The van der Waals surface area contributed by atoms with Crippen LogP contribution >= 0.6 is 0 Å². The summed E-state index contributed by atoms with van der Waals surface area (Å²) in [7, 11) is 0. The maximum Gasteiger partial charge on any atom is 0.120 e. The number of hydrogen-bond donors (Lipinski definition) is 1. The van der Waals surface area contributed by atoms with E-state index in [9.17, 15) is 0 Å². The molecule has 18 heavy (non-hydrogen) atoms. The molecule has 1 aromatic rings. The number of hydrogen-bond acceptors (Lipinski definition) is 3. The van der Waals surface area contributed by atoms with Gasteiger partial charge in [-0.2, -0.15) is 0 Å². The van der Waals surface area contributed by atoms with Crippen molar-refractivity contribution >= 4 is 0 Å². The number of nitrogens with two attached hydrogens (primary N) is 1. The van der Waals surface area contributed by atoms with Crippen molar-refractivity contribution in [1.82, 2.24) is 0 Å². The third-order valence-corrected chi connectivity index (χ3v) is 2.12. The molecule has 0 aliphatic heterocycles. The maximum absolute atomic E-state index is 5.58. The van der Waals surface area contributed by atoms with Gasteiger partial charge in [-0.3, -0.25) is 0 Å². The molecule has 0 aliphatic carbocycles. The lowest BCUT2D eigenvalue weighted by Gasteiger charge is -2.08. The first kappa shape index (κ1) is 14.6. The van der Waals surface area contributed by atoms with Crippen LogP contribution in [0, 0.1) is 17.8 Å². The Labute approximate surface area is 109 Å². The zero-order chi connectivity index (χ0) is 13.2. The summed E-state index contributed by atoms with van der Waals surface area (Å²) >= 11 is 0. The van der Waals surface area contributed by atoms with Crippen molar-refractivity contribution in [3.8, 4) is 17.6 Å². The second kappa shape index (κ2) is 8.57. The fourth-order valence-electron chi connectivity index (χ4n) is 1.35. The van der Waals surface area contributed by atoms with Crippen LogP contribution in [0.1, 0.15) is 19.4 Å². The molecule has 0 spiro atoms. The Kier molecular flexibility index (Phi) is 6.93. The predicted molar refractivity (Wildman–Crippen MR) is 73.5 cm³/mol. The van der Waals surface area contributed by atoms with Gasteiger partial charge in [-0.05, 0) is 24.1 Å². The lowest BCUT2D eigenvalue weighted by Crippen LogP contribution is -2.10. The van der Waals surface area contributed by atoms with Crippen LogP contribution in [0.15, 0.2) is 24.3 Å². The predicted octanol–water partition coefficient (Wildman–Crippen LogP) is 2.05. The molecule has 0 aliphatic rings. The van der Waals surface area contributed by atoms with Crippen molar-refractivity contribution in [2.24, 2.45) is 11.7 Å². The second-order valence-electron chi connectivity index (χ2n) is 4.35. The van der Waals surface area contributed by atoms with Crippen molar-refractivity contribution in [1.29, 1.82) is 0 Å². The summed E-state index contributed by atoms with van der Waals surface area (Å²) in [6.07, 6.45) is 0. The van der Waals surface area contributed by atoms with Crippen molar-refractivity contribution in [3.05, 3.63) is 29.8 Å². The molecule has 0 saturated heterocycles. The molecule has 0 bridgehead atoms. The topological polar surface area (TPSA) is 44.5 Å². The Morgan fingerprint density at radius 3 is 2.83 bits per heavy atom. The molecule has 2 N–H and O–H groups in total. The Hall–Kier alpha value is -1.50. The molecule has 0 radical (unpaired) electrons. The van der Waals surface area contributed by atoms with E-state index in [-0.39, 0.29) is 0 Å². The molecule has 0 fully saturated rings. The number of rotatable bonds is 6. The van der Waals surface area contributed by atoms with Crippen molar-refractivity contribution < 1.29 is 9.47 Å². The summed E-state index contributed by atoms with van der Waals surface area (Å²) in [6, 6.07) is 7.68. The highest BCUT2D eigenvalue weighted by Crippen LogP contribution is 2.12. The fraction of sp³-hybridized carbons (Fsp3) is 0.467. The van der Waals surface area contributed by atoms with E-state index in [1.54, 1.807) is 0 Å². The smallest absolute Gasteiger partial charge is 0.120 e. The van der Waals surface area contributed by atoms with Crippen LogP contribution in [0.25, 0.3) is 0 Å². The van der Waals surface area contributed by atoms with E-state index in [0.717, 1.165) is 17.9 Å². The van der Waals surface area contributed by atoms with Crippen LogP contribution in [-0.4, -0.2) is 26.4 Å². The van der Waals surface area contributed by atoms with Gasteiger partial charge in [0.2, 0.25) is 0 Å². The third-order valence-electron chi connectivity index (χ3n) is 2.12. The van der Waals surface area contributed by atoms with Crippen LogP contribution in [0.4, 0.5) is 0 Å². The van der Waals surface area contributed by atoms with Crippen LogP contribution < -0.4 is 10.5 Å². The monoisotopic (exact) mass is 247 g/mol. The Balaban J connectivity index is 2.34. The molecule has 0 heterocycles. The largest absolute Gasteiger partial charge is 0.491 e. The molecule has 0 amide bonds. The van der Waals surface area contributed by atoms with Gasteiger partial charge in [-0.1, -0.05) is 31.8 Å². The van der Waals surface area contributed by atoms with Gasteiger partial charge in [-0.25, -0.2) is 0 Å². The summed E-state index contributed by atoms with van der Waals surface area (Å²) in [6.45, 7) is 6.55. The first-order chi connectivity index (χ1) is 8.72. The van der Waals surface area contributed by atoms with E-state index < -0.39 is 0 Å². The van der Waals surface area contributed by atoms with Gasteiger partial charge in [0.25, 0.3) is 0 Å². The fourth-order valence-corrected chi connectivity index (χ4v) is 1.35. The summed E-state index contributed by atoms with van der Waals surface area (Å²) in [4.78, 5) is 0. The molecule has 0 unspecified atom stereocenters. The molecule has 1 aromatic carbocycles. The quantitative estimate of drug-likeness (QED) is 0.618. The molecule has 3 nitrogen and oxygen atoms in total. The van der Waals surface area contributed by atoms with Gasteiger partial charge >= 0.3 is 0 Å². The van der Waals surface area contributed by atoms with E-state index in [1.807, 2.05) is 24.3 Å². The van der Waals surface area contributed by atoms with E-state index in [2.05, 4.69) is 25.7 Å². The average molecular weight is 247 g/mol. The summed E-state index contributed by atoms with van der Waals surface area (Å²) in [5, 5.41) is 0. The zero-order valence-corrected chi connectivity index (χ0v) is 11.1. The SMILES string of the molecule is CC(C)COCCOc1cccc(C#CCN)c1. The van der Waals surface area contributed by atoms with Crippen molar-refractivity contribution in [2.75, 3.05) is 26.4 Å². The first-order valence-corrected chi connectivity index (χ1v) is 6.22. The minimum Gasteiger partial charge on any atom is -0.491 e. The average Bonchev–Trinajstić information content (AvgIpc) is 2.36. The summed E-state index contributed by atoms with van der Waals surface area (Å²) in [5.41, 5.74) is 6.25. The van der Waals surface area contributed by atoms with Crippen LogP contribution in [-0.2, 0) is 4.74 Å². The Morgan fingerprint density at radius 2 is 2.11 bits per heavy atom. The van der Waals surface area contributed by atoms with Gasteiger partial charge < -0.3 is 15.2 Å².